The lowest BCUT2D eigenvalue weighted by Gasteiger charge is -2.36. The van der Waals surface area contributed by atoms with Crippen molar-refractivity contribution < 1.29 is 47.8 Å². The van der Waals surface area contributed by atoms with E-state index in [1.54, 1.807) is 124 Å². The number of anilines is 2. The average molecular weight is 931 g/mol. The van der Waals surface area contributed by atoms with Gasteiger partial charge in [-0.15, -0.1) is 0 Å². The van der Waals surface area contributed by atoms with Crippen molar-refractivity contribution in [2.24, 2.45) is 0 Å². The monoisotopic (exact) mass is 930 g/mol. The number of nitrogens with one attached hydrogen (secondary N) is 2. The van der Waals surface area contributed by atoms with Gasteiger partial charge in [0.1, 0.15) is 11.2 Å². The summed E-state index contributed by atoms with van der Waals surface area (Å²) in [6, 6.07) is 19.4. The van der Waals surface area contributed by atoms with E-state index in [1.165, 1.54) is 34.1 Å². The zero-order chi connectivity index (χ0) is 49.8. The highest BCUT2D eigenvalue weighted by atomic mass is 16.6. The van der Waals surface area contributed by atoms with Crippen molar-refractivity contribution >= 4 is 59.0 Å². The van der Waals surface area contributed by atoms with Crippen LogP contribution in [-0.4, -0.2) is 155 Å². The largest absolute Gasteiger partial charge is 0.444 e. The molecule has 0 spiro atoms. The van der Waals surface area contributed by atoms with Gasteiger partial charge in [-0.05, 0) is 94.8 Å². The van der Waals surface area contributed by atoms with E-state index in [0.29, 0.717) is 24.5 Å². The molecule has 0 atom stereocenters. The first-order chi connectivity index (χ1) is 32.0. The van der Waals surface area contributed by atoms with E-state index < -0.39 is 46.8 Å². The molecule has 2 heterocycles. The number of amides is 8. The quantitative estimate of drug-likeness (QED) is 0.164. The van der Waals surface area contributed by atoms with Gasteiger partial charge in [0.25, 0.3) is 11.8 Å². The number of ketones is 2. The molecule has 0 bridgehead atoms. The fourth-order valence-electron chi connectivity index (χ4n) is 6.92. The molecule has 2 N–H and O–H groups in total. The molecule has 2 aliphatic rings. The van der Waals surface area contributed by atoms with Crippen LogP contribution >= 0.6 is 0 Å². The first-order valence-corrected chi connectivity index (χ1v) is 22.0. The molecule has 358 valence electrons. The van der Waals surface area contributed by atoms with Gasteiger partial charge >= 0.3 is 24.2 Å². The number of rotatable bonds is 8. The third-order valence-electron chi connectivity index (χ3n) is 10.3. The van der Waals surface area contributed by atoms with Crippen molar-refractivity contribution in [3.63, 3.8) is 0 Å². The van der Waals surface area contributed by atoms with Crippen molar-refractivity contribution in [1.82, 2.24) is 29.4 Å². The van der Waals surface area contributed by atoms with Gasteiger partial charge in [0.05, 0.1) is 0 Å². The highest BCUT2D eigenvalue weighted by Gasteiger charge is 2.28. The van der Waals surface area contributed by atoms with E-state index in [0.717, 1.165) is 11.1 Å². The van der Waals surface area contributed by atoms with Gasteiger partial charge in [-0.25, -0.2) is 19.2 Å². The van der Waals surface area contributed by atoms with Crippen molar-refractivity contribution in [1.29, 1.82) is 0 Å². The summed E-state index contributed by atoms with van der Waals surface area (Å²) in [7, 11) is 3.35. The van der Waals surface area contributed by atoms with Crippen LogP contribution in [0.15, 0.2) is 72.8 Å². The molecule has 18 nitrogen and oxygen atoms in total. The minimum Gasteiger partial charge on any atom is -0.444 e. The fraction of sp³-hybridized carbons (Fsp3) is 0.400. The fourth-order valence-corrected chi connectivity index (χ4v) is 6.92. The van der Waals surface area contributed by atoms with Crippen molar-refractivity contribution in [3.05, 3.63) is 95.1 Å². The Morgan fingerprint density at radius 1 is 0.500 bits per heavy atom. The maximum atomic E-state index is 13.2. The van der Waals surface area contributed by atoms with Gasteiger partial charge < -0.3 is 38.9 Å². The van der Waals surface area contributed by atoms with Crippen LogP contribution in [0.4, 0.5) is 30.6 Å². The summed E-state index contributed by atoms with van der Waals surface area (Å²) >= 11 is 0. The van der Waals surface area contributed by atoms with Crippen LogP contribution in [0.1, 0.15) is 73.4 Å². The van der Waals surface area contributed by atoms with Gasteiger partial charge in [-0.2, -0.15) is 0 Å². The van der Waals surface area contributed by atoms with Crippen molar-refractivity contribution in [2.45, 2.75) is 65.8 Å². The van der Waals surface area contributed by atoms with Gasteiger partial charge in [-0.1, -0.05) is 42.5 Å². The minimum atomic E-state index is -0.690. The molecule has 0 radical (unpaired) electrons. The smallest absolute Gasteiger partial charge is 0.412 e. The Labute approximate surface area is 396 Å². The van der Waals surface area contributed by atoms with E-state index in [4.69, 9.17) is 9.47 Å². The van der Waals surface area contributed by atoms with Gasteiger partial charge in [-0.3, -0.25) is 29.8 Å². The molecule has 2 fully saturated rings. The average Bonchev–Trinajstić information content (AvgIpc) is 3.29. The standard InChI is InChI=1S/C50H58N8O10/c1-49(2,3)67-45(63)51-39-16-12-35(13-17-39)33-53(7)47(65)57-28-24-55(25-29-57)43(61)22-20-41(59)37-10-9-11-38(32-37)42(60)21-23-44(62)56-26-30-58(31-27-56)48(66)54(8)34-36-14-18-40(19-15-36)52-46(64)68-50(4,5)6/h9-19,32H,24-31,33-34H2,1-8H3,(H,51,63)(H,52,64). The first-order valence-electron chi connectivity index (χ1n) is 22.0. The normalized spacial score (nSPS) is 13.6. The number of piperazine rings is 2. The minimum absolute atomic E-state index is 0.0645. The van der Waals surface area contributed by atoms with E-state index in [2.05, 4.69) is 34.3 Å². The summed E-state index contributed by atoms with van der Waals surface area (Å²) in [6.07, 6.45) is -1.13. The summed E-state index contributed by atoms with van der Waals surface area (Å²) in [6.45, 7) is 13.2. The number of nitrogens with zero attached hydrogens (tertiary/aromatic N) is 6. The van der Waals surface area contributed by atoms with E-state index in [9.17, 15) is 38.4 Å². The molecule has 0 aliphatic carbocycles. The first kappa shape index (κ1) is 51.1. The number of carbonyl (C=O) groups excluding carboxylic acids is 8. The van der Waals surface area contributed by atoms with Gasteiger partial charge in [0.15, 0.2) is 0 Å². The topological polar surface area (TPSA) is 199 Å². The predicted molar refractivity (Wildman–Crippen MR) is 253 cm³/mol. The van der Waals surface area contributed by atoms with Gasteiger partial charge in [0, 0.05) is 114 Å². The number of urea groups is 2. The molecule has 0 unspecified atom stereocenters. The second-order valence-corrected chi connectivity index (χ2v) is 18.2. The molecule has 3 aromatic carbocycles. The molecule has 3 aromatic rings. The maximum absolute atomic E-state index is 13.2. The van der Waals surface area contributed by atoms with E-state index in [-0.39, 0.29) is 75.5 Å². The van der Waals surface area contributed by atoms with Crippen LogP contribution in [0.5, 0.6) is 0 Å². The number of benzene rings is 3. The molecular weight excluding hydrogens is 873 g/mol. The molecule has 0 saturated carbocycles. The molecule has 2 saturated heterocycles. The molecule has 68 heavy (non-hydrogen) atoms. The summed E-state index contributed by atoms with van der Waals surface area (Å²) in [5.41, 5.74) is 1.68. The molecule has 2 aliphatic heterocycles. The number of Topliss-reactive ketones (excluding diaryl/α,β-unsaturated/α-hetero) is 2. The van der Waals surface area contributed by atoms with Crippen LogP contribution in [0.2, 0.25) is 0 Å². The van der Waals surface area contributed by atoms with Crippen LogP contribution in [-0.2, 0) is 32.2 Å². The highest BCUT2D eigenvalue weighted by Crippen LogP contribution is 2.18. The maximum Gasteiger partial charge on any atom is 0.412 e. The summed E-state index contributed by atoms with van der Waals surface area (Å²) in [4.78, 5) is 112. The Balaban J connectivity index is 1.03. The summed E-state index contributed by atoms with van der Waals surface area (Å²) < 4.78 is 10.5. The Kier molecular flexibility index (Phi) is 17.0. The highest BCUT2D eigenvalue weighted by molar-refractivity contribution is 6.16. The number of ether oxygens (including phenoxy) is 2. The summed E-state index contributed by atoms with van der Waals surface area (Å²) in [5, 5.41) is 5.35. The zero-order valence-corrected chi connectivity index (χ0v) is 39.8. The van der Waals surface area contributed by atoms with Crippen molar-refractivity contribution in [2.75, 3.05) is 77.1 Å². The number of hydrogen-bond donors (Lipinski definition) is 2. The third-order valence-corrected chi connectivity index (χ3v) is 10.3. The van der Waals surface area contributed by atoms with Crippen LogP contribution in [0, 0.1) is 23.7 Å². The SMILES string of the molecule is CN(Cc1ccc(NC(=O)OC(C)(C)C)cc1)C(=O)N1CCN(C(=O)C#CC(=O)c2cccc(C(=O)C#CC(=O)N3CCN(C(=O)N(C)Cc4ccc(NC(=O)OC(C)(C)C)cc4)CC3)c2)CC1. The predicted octanol–water partition coefficient (Wildman–Crippen LogP) is 5.55. The molecule has 5 rings (SSSR count). The second-order valence-electron chi connectivity index (χ2n) is 18.2. The molecular formula is C50H58N8O10. The molecule has 0 aromatic heterocycles. The van der Waals surface area contributed by atoms with Crippen LogP contribution in [0.3, 0.4) is 0 Å². The Morgan fingerprint density at radius 2 is 0.824 bits per heavy atom. The lowest BCUT2D eigenvalue weighted by molar-refractivity contribution is -0.127. The molecule has 8 amide bonds. The zero-order valence-electron chi connectivity index (χ0n) is 39.8. The lowest BCUT2D eigenvalue weighted by atomic mass is 10.0. The summed E-state index contributed by atoms with van der Waals surface area (Å²) in [5.74, 6) is 6.91. The Bertz CT molecular complexity index is 2340. The number of hydrogen-bond acceptors (Lipinski definition) is 10. The second kappa shape index (κ2) is 22.6. The van der Waals surface area contributed by atoms with Gasteiger partial charge in [0.2, 0.25) is 11.6 Å². The van der Waals surface area contributed by atoms with E-state index >= 15 is 0 Å². The van der Waals surface area contributed by atoms with Crippen LogP contribution < -0.4 is 10.6 Å². The Hall–Kier alpha value is -7.86. The van der Waals surface area contributed by atoms with Crippen LogP contribution in [0.25, 0.3) is 0 Å². The number of carbonyl (C=O) groups is 8. The molecule has 18 heteroatoms. The van der Waals surface area contributed by atoms with E-state index in [1.807, 2.05) is 0 Å². The third kappa shape index (κ3) is 15.6. The van der Waals surface area contributed by atoms with Crippen molar-refractivity contribution in [3.8, 4) is 23.7 Å². The Morgan fingerprint density at radius 3 is 1.15 bits per heavy atom. The lowest BCUT2D eigenvalue weighted by Crippen LogP contribution is -2.53.